The Morgan fingerprint density at radius 2 is 2.38 bits per heavy atom. The number of rotatable bonds is 2. The van der Waals surface area contributed by atoms with Gasteiger partial charge in [-0.2, -0.15) is 0 Å². The van der Waals surface area contributed by atoms with Crippen LogP contribution in [0.25, 0.3) is 0 Å². The number of esters is 1. The fraction of sp³-hybridized carbons (Fsp3) is 0.875. The van der Waals surface area contributed by atoms with Gasteiger partial charge in [0.15, 0.2) is 6.10 Å². The van der Waals surface area contributed by atoms with Crippen molar-refractivity contribution in [3.05, 3.63) is 0 Å². The first kappa shape index (κ1) is 12.7. The summed E-state index contributed by atoms with van der Waals surface area (Å²) in [5.74, 6) is -0.285. The van der Waals surface area contributed by atoms with Gasteiger partial charge in [-0.1, -0.05) is 0 Å². The molecular formula is C8H16ClNO3. The maximum Gasteiger partial charge on any atom is 0.335 e. The van der Waals surface area contributed by atoms with Gasteiger partial charge in [0.25, 0.3) is 0 Å². The van der Waals surface area contributed by atoms with Gasteiger partial charge in [-0.05, 0) is 19.8 Å². The van der Waals surface area contributed by atoms with Gasteiger partial charge < -0.3 is 15.2 Å². The third kappa shape index (κ3) is 3.93. The summed E-state index contributed by atoms with van der Waals surface area (Å²) in [7, 11) is 0. The number of hydrogen-bond donors (Lipinski definition) is 1. The van der Waals surface area contributed by atoms with E-state index in [4.69, 9.17) is 15.2 Å². The Hall–Kier alpha value is -0.320. The van der Waals surface area contributed by atoms with Crippen molar-refractivity contribution in [2.45, 2.75) is 31.9 Å². The summed E-state index contributed by atoms with van der Waals surface area (Å²) in [6, 6.07) is 0.0770. The number of ether oxygens (including phenoxy) is 2. The molecular weight excluding hydrogens is 194 g/mol. The van der Waals surface area contributed by atoms with Gasteiger partial charge >= 0.3 is 5.97 Å². The fourth-order valence-electron chi connectivity index (χ4n) is 1.22. The summed E-state index contributed by atoms with van der Waals surface area (Å²) in [6.45, 7) is 2.74. The summed E-state index contributed by atoms with van der Waals surface area (Å²) in [4.78, 5) is 11.1. The summed E-state index contributed by atoms with van der Waals surface area (Å²) >= 11 is 0. The van der Waals surface area contributed by atoms with Crippen LogP contribution in [-0.2, 0) is 14.3 Å². The molecule has 2 N–H and O–H groups in total. The van der Waals surface area contributed by atoms with Gasteiger partial charge in [0.05, 0.1) is 6.61 Å². The van der Waals surface area contributed by atoms with E-state index >= 15 is 0 Å². The average molecular weight is 210 g/mol. The minimum absolute atomic E-state index is 0. The molecule has 4 nitrogen and oxygen atoms in total. The maximum atomic E-state index is 11.1. The van der Waals surface area contributed by atoms with Crippen LogP contribution in [0.5, 0.6) is 0 Å². The van der Waals surface area contributed by atoms with Gasteiger partial charge in [0, 0.05) is 12.6 Å². The van der Waals surface area contributed by atoms with Crippen molar-refractivity contribution in [1.29, 1.82) is 0 Å². The van der Waals surface area contributed by atoms with E-state index in [2.05, 4.69) is 0 Å². The predicted octanol–water partition coefficient (Wildman–Crippen LogP) is 0.478. The van der Waals surface area contributed by atoms with Gasteiger partial charge in [-0.25, -0.2) is 4.79 Å². The minimum atomic E-state index is -0.436. The lowest BCUT2D eigenvalue weighted by Crippen LogP contribution is -2.39. The van der Waals surface area contributed by atoms with E-state index in [1.165, 1.54) is 0 Å². The molecule has 5 heteroatoms. The molecule has 1 aliphatic rings. The van der Waals surface area contributed by atoms with E-state index in [1.807, 2.05) is 0 Å². The largest absolute Gasteiger partial charge is 0.464 e. The van der Waals surface area contributed by atoms with Gasteiger partial charge in [0.2, 0.25) is 0 Å². The molecule has 0 aliphatic carbocycles. The number of halogens is 1. The van der Waals surface area contributed by atoms with Crippen LogP contribution >= 0.6 is 12.4 Å². The van der Waals surface area contributed by atoms with Crippen LogP contribution in [0, 0.1) is 0 Å². The third-order valence-corrected chi connectivity index (χ3v) is 1.87. The molecule has 0 bridgehead atoms. The van der Waals surface area contributed by atoms with Crippen molar-refractivity contribution in [1.82, 2.24) is 0 Å². The SMILES string of the molecule is CCOC(=O)[C@H]1C[C@@H](N)CCO1.Cl. The monoisotopic (exact) mass is 209 g/mol. The quantitative estimate of drug-likeness (QED) is 0.672. The topological polar surface area (TPSA) is 61.5 Å². The number of carbonyl (C=O) groups is 1. The normalized spacial score (nSPS) is 27.5. The van der Waals surface area contributed by atoms with Crippen molar-refractivity contribution in [2.75, 3.05) is 13.2 Å². The third-order valence-electron chi connectivity index (χ3n) is 1.87. The van der Waals surface area contributed by atoms with E-state index < -0.39 is 6.10 Å². The molecule has 0 amide bonds. The first-order chi connectivity index (χ1) is 5.74. The Labute approximate surface area is 84.2 Å². The Balaban J connectivity index is 0.00000144. The van der Waals surface area contributed by atoms with E-state index in [9.17, 15) is 4.79 Å². The highest BCUT2D eigenvalue weighted by molar-refractivity contribution is 5.85. The molecule has 13 heavy (non-hydrogen) atoms. The van der Waals surface area contributed by atoms with Crippen LogP contribution in [0.15, 0.2) is 0 Å². The van der Waals surface area contributed by atoms with Gasteiger partial charge in [0.1, 0.15) is 0 Å². The van der Waals surface area contributed by atoms with E-state index in [1.54, 1.807) is 6.92 Å². The van der Waals surface area contributed by atoms with Crippen molar-refractivity contribution in [3.63, 3.8) is 0 Å². The molecule has 0 aromatic carbocycles. The van der Waals surface area contributed by atoms with E-state index in [0.717, 1.165) is 6.42 Å². The first-order valence-electron chi connectivity index (χ1n) is 4.28. The molecule has 1 saturated heterocycles. The highest BCUT2D eigenvalue weighted by atomic mass is 35.5. The van der Waals surface area contributed by atoms with Gasteiger partial charge in [-0.3, -0.25) is 0 Å². The lowest BCUT2D eigenvalue weighted by atomic mass is 10.0. The molecule has 0 unspecified atom stereocenters. The second-order valence-corrected chi connectivity index (χ2v) is 2.90. The maximum absolute atomic E-state index is 11.1. The molecule has 1 fully saturated rings. The van der Waals surface area contributed by atoms with Crippen molar-refractivity contribution in [2.24, 2.45) is 5.73 Å². The zero-order valence-electron chi connectivity index (χ0n) is 7.69. The molecule has 78 valence electrons. The predicted molar refractivity (Wildman–Crippen MR) is 50.8 cm³/mol. The molecule has 2 atom stereocenters. The van der Waals surface area contributed by atoms with Crippen molar-refractivity contribution >= 4 is 18.4 Å². The Morgan fingerprint density at radius 3 is 2.92 bits per heavy atom. The van der Waals surface area contributed by atoms with Crippen LogP contribution in [0.1, 0.15) is 19.8 Å². The van der Waals surface area contributed by atoms with Crippen LogP contribution in [-0.4, -0.2) is 31.3 Å². The molecule has 1 heterocycles. The van der Waals surface area contributed by atoms with Crippen molar-refractivity contribution < 1.29 is 14.3 Å². The standard InChI is InChI=1S/C8H15NO3.ClH/c1-2-11-8(10)7-5-6(9)3-4-12-7;/h6-7H,2-5,9H2,1H3;1H/t6-,7+;/m0./s1. The fourth-order valence-corrected chi connectivity index (χ4v) is 1.22. The minimum Gasteiger partial charge on any atom is -0.464 e. The van der Waals surface area contributed by atoms with Crippen LogP contribution < -0.4 is 5.73 Å². The van der Waals surface area contributed by atoms with Crippen LogP contribution in [0.3, 0.4) is 0 Å². The second-order valence-electron chi connectivity index (χ2n) is 2.90. The smallest absolute Gasteiger partial charge is 0.335 e. The molecule has 0 aromatic heterocycles. The summed E-state index contributed by atoms with van der Waals surface area (Å²) in [6.07, 6.45) is 0.975. The second kappa shape index (κ2) is 6.18. The van der Waals surface area contributed by atoms with E-state index in [0.29, 0.717) is 19.6 Å². The Bertz CT molecular complexity index is 165. The number of carbonyl (C=O) groups excluding carboxylic acids is 1. The zero-order valence-corrected chi connectivity index (χ0v) is 8.51. The lowest BCUT2D eigenvalue weighted by molar-refractivity contribution is -0.159. The van der Waals surface area contributed by atoms with Crippen LogP contribution in [0.2, 0.25) is 0 Å². The summed E-state index contributed by atoms with van der Waals surface area (Å²) < 4.78 is 10.0. The highest BCUT2D eigenvalue weighted by Crippen LogP contribution is 2.13. The molecule has 0 aromatic rings. The Kier molecular flexibility index (Phi) is 6.03. The zero-order chi connectivity index (χ0) is 8.97. The first-order valence-corrected chi connectivity index (χ1v) is 4.28. The lowest BCUT2D eigenvalue weighted by Gasteiger charge is -2.25. The molecule has 0 radical (unpaired) electrons. The number of nitrogens with two attached hydrogens (primary N) is 1. The van der Waals surface area contributed by atoms with Gasteiger partial charge in [-0.15, -0.1) is 12.4 Å². The van der Waals surface area contributed by atoms with E-state index in [-0.39, 0.29) is 24.4 Å². The molecule has 1 rings (SSSR count). The number of hydrogen-bond acceptors (Lipinski definition) is 4. The Morgan fingerprint density at radius 1 is 1.69 bits per heavy atom. The molecule has 0 spiro atoms. The summed E-state index contributed by atoms with van der Waals surface area (Å²) in [5.41, 5.74) is 5.67. The molecule has 0 saturated carbocycles. The van der Waals surface area contributed by atoms with Crippen LogP contribution in [0.4, 0.5) is 0 Å². The summed E-state index contributed by atoms with van der Waals surface area (Å²) in [5, 5.41) is 0. The molecule has 1 aliphatic heterocycles. The average Bonchev–Trinajstić information content (AvgIpc) is 2.05. The highest BCUT2D eigenvalue weighted by Gasteiger charge is 2.26. The van der Waals surface area contributed by atoms with Crippen molar-refractivity contribution in [3.8, 4) is 0 Å².